The molecule has 0 aliphatic carbocycles. The van der Waals surface area contributed by atoms with Crippen molar-refractivity contribution >= 4 is 22.8 Å². The van der Waals surface area contributed by atoms with Gasteiger partial charge in [0.25, 0.3) is 0 Å². The highest BCUT2D eigenvalue weighted by atomic mass is 19.1. The van der Waals surface area contributed by atoms with Crippen molar-refractivity contribution in [1.29, 1.82) is 5.41 Å². The van der Waals surface area contributed by atoms with Crippen LogP contribution < -0.4 is 14.8 Å². The number of ether oxygens (including phenoxy) is 2. The van der Waals surface area contributed by atoms with E-state index in [-0.39, 0.29) is 23.5 Å². The molecule has 4 rings (SSSR count). The highest BCUT2D eigenvalue weighted by molar-refractivity contribution is 6.09. The number of hydrogen-bond acceptors (Lipinski definition) is 6. The summed E-state index contributed by atoms with van der Waals surface area (Å²) in [6.07, 6.45) is 6.44. The lowest BCUT2D eigenvalue weighted by molar-refractivity contribution is 0.144. The first kappa shape index (κ1) is 22.7. The predicted octanol–water partition coefficient (Wildman–Crippen LogP) is 3.73. The minimum atomic E-state index is -0.764. The fourth-order valence-electron chi connectivity index (χ4n) is 3.99. The quantitative estimate of drug-likeness (QED) is 0.428. The van der Waals surface area contributed by atoms with Gasteiger partial charge in [-0.05, 0) is 18.2 Å². The molecular formula is C24H27F2N5O2. The number of H-pyrrole nitrogens is 1. The standard InChI is InChI=1S/C24H27F2N5O2/c1-4-31-12-17(13-31)28-11-16(8-27)14-5-18-15(10-30-24(18)29-9-14)6-19-22(25)20(32-2)7-21(33-3)23(19)26/h5,7-11,17,27-28H,4,6,12-13H2,1-3H3,(H,29,30)/b16-11+,27-8?. The summed E-state index contributed by atoms with van der Waals surface area (Å²) in [6.45, 7) is 5.09. The summed E-state index contributed by atoms with van der Waals surface area (Å²) in [4.78, 5) is 9.81. The van der Waals surface area contributed by atoms with Gasteiger partial charge in [0, 0.05) is 72.5 Å². The van der Waals surface area contributed by atoms with Crippen LogP contribution in [0.25, 0.3) is 16.6 Å². The van der Waals surface area contributed by atoms with Gasteiger partial charge in [0.1, 0.15) is 5.65 Å². The Balaban J connectivity index is 1.65. The number of hydrogen-bond donors (Lipinski definition) is 3. The van der Waals surface area contributed by atoms with E-state index in [0.717, 1.165) is 30.6 Å². The first-order valence-corrected chi connectivity index (χ1v) is 10.7. The van der Waals surface area contributed by atoms with Gasteiger partial charge in [0.2, 0.25) is 0 Å². The monoisotopic (exact) mass is 455 g/mol. The van der Waals surface area contributed by atoms with Crippen LogP contribution in [0.2, 0.25) is 0 Å². The highest BCUT2D eigenvalue weighted by Gasteiger charge is 2.24. The van der Waals surface area contributed by atoms with Gasteiger partial charge in [0.05, 0.1) is 20.3 Å². The first-order valence-electron chi connectivity index (χ1n) is 10.7. The molecule has 0 saturated carbocycles. The zero-order valence-electron chi connectivity index (χ0n) is 18.8. The van der Waals surface area contributed by atoms with E-state index in [9.17, 15) is 8.78 Å². The molecule has 0 amide bonds. The number of methoxy groups -OCH3 is 2. The van der Waals surface area contributed by atoms with Gasteiger partial charge < -0.3 is 25.2 Å². The smallest absolute Gasteiger partial charge is 0.171 e. The molecule has 1 aliphatic rings. The Morgan fingerprint density at radius 3 is 2.55 bits per heavy atom. The molecule has 1 aromatic carbocycles. The highest BCUT2D eigenvalue weighted by Crippen LogP contribution is 2.34. The molecule has 0 spiro atoms. The lowest BCUT2D eigenvalue weighted by Gasteiger charge is -2.38. The number of nitrogens with zero attached hydrogens (tertiary/aromatic N) is 2. The fourth-order valence-corrected chi connectivity index (χ4v) is 3.99. The van der Waals surface area contributed by atoms with Crippen molar-refractivity contribution in [3.8, 4) is 11.5 Å². The van der Waals surface area contributed by atoms with Crippen LogP contribution in [0.15, 0.2) is 30.7 Å². The van der Waals surface area contributed by atoms with E-state index in [0.29, 0.717) is 22.8 Å². The maximum Gasteiger partial charge on any atom is 0.171 e. The van der Waals surface area contributed by atoms with Crippen molar-refractivity contribution in [2.24, 2.45) is 0 Å². The second-order valence-electron chi connectivity index (χ2n) is 7.96. The average Bonchev–Trinajstić information content (AvgIpc) is 3.20. The number of pyridine rings is 1. The van der Waals surface area contributed by atoms with E-state index >= 15 is 0 Å². The fraction of sp³-hybridized carbons (Fsp3) is 0.333. The van der Waals surface area contributed by atoms with E-state index in [4.69, 9.17) is 14.9 Å². The van der Waals surface area contributed by atoms with Crippen molar-refractivity contribution in [3.63, 3.8) is 0 Å². The molecule has 174 valence electrons. The summed E-state index contributed by atoms with van der Waals surface area (Å²) in [6, 6.07) is 3.42. The molecule has 0 radical (unpaired) electrons. The number of nitrogens with one attached hydrogen (secondary N) is 3. The van der Waals surface area contributed by atoms with Crippen molar-refractivity contribution in [1.82, 2.24) is 20.2 Å². The van der Waals surface area contributed by atoms with Gasteiger partial charge in [-0.3, -0.25) is 4.90 Å². The third-order valence-electron chi connectivity index (χ3n) is 6.02. The topological polar surface area (TPSA) is 86.3 Å². The summed E-state index contributed by atoms with van der Waals surface area (Å²) in [5, 5.41) is 11.9. The van der Waals surface area contributed by atoms with Crippen molar-refractivity contribution < 1.29 is 18.3 Å². The number of rotatable bonds is 9. The Kier molecular flexibility index (Phi) is 6.60. The van der Waals surface area contributed by atoms with Gasteiger partial charge in [-0.1, -0.05) is 6.92 Å². The molecule has 0 unspecified atom stereocenters. The van der Waals surface area contributed by atoms with E-state index in [1.807, 2.05) is 12.3 Å². The van der Waals surface area contributed by atoms with E-state index in [1.165, 1.54) is 26.5 Å². The van der Waals surface area contributed by atoms with Crippen LogP contribution in [0, 0.1) is 17.0 Å². The van der Waals surface area contributed by atoms with Gasteiger partial charge in [-0.15, -0.1) is 0 Å². The predicted molar refractivity (Wildman–Crippen MR) is 124 cm³/mol. The number of aromatic nitrogens is 2. The third kappa shape index (κ3) is 4.41. The second kappa shape index (κ2) is 9.58. The number of allylic oxidation sites excluding steroid dienone is 1. The Bertz CT molecular complexity index is 1170. The molecule has 3 heterocycles. The van der Waals surface area contributed by atoms with Crippen LogP contribution in [0.1, 0.15) is 23.6 Å². The van der Waals surface area contributed by atoms with Crippen LogP contribution >= 0.6 is 0 Å². The molecule has 0 atom stereocenters. The largest absolute Gasteiger partial charge is 0.494 e. The molecular weight excluding hydrogens is 428 g/mol. The molecule has 9 heteroatoms. The number of likely N-dealkylation sites (N-methyl/N-ethyl adjacent to an activating group) is 1. The molecule has 1 aliphatic heterocycles. The molecule has 7 nitrogen and oxygen atoms in total. The number of likely N-dealkylation sites (tertiary alicyclic amines) is 1. The molecule has 2 aromatic heterocycles. The molecule has 0 bridgehead atoms. The molecule has 3 aromatic rings. The first-order chi connectivity index (χ1) is 16.0. The van der Waals surface area contributed by atoms with Crippen LogP contribution in [0.3, 0.4) is 0 Å². The van der Waals surface area contributed by atoms with Crippen molar-refractivity contribution in [3.05, 3.63) is 59.1 Å². The van der Waals surface area contributed by atoms with Gasteiger partial charge in [-0.25, -0.2) is 13.8 Å². The number of fused-ring (bicyclic) bond motifs is 1. The molecule has 3 N–H and O–H groups in total. The number of benzene rings is 1. The van der Waals surface area contributed by atoms with Crippen LogP contribution in [-0.2, 0) is 6.42 Å². The summed E-state index contributed by atoms with van der Waals surface area (Å²) in [5.74, 6) is -1.69. The van der Waals surface area contributed by atoms with Gasteiger partial charge in [-0.2, -0.15) is 0 Å². The van der Waals surface area contributed by atoms with E-state index in [1.54, 1.807) is 12.4 Å². The Hall–Kier alpha value is -3.46. The Labute approximate surface area is 190 Å². The molecule has 1 saturated heterocycles. The van der Waals surface area contributed by atoms with Crippen LogP contribution in [0.4, 0.5) is 8.78 Å². The Morgan fingerprint density at radius 2 is 1.94 bits per heavy atom. The van der Waals surface area contributed by atoms with Gasteiger partial charge in [0.15, 0.2) is 23.1 Å². The van der Waals surface area contributed by atoms with Crippen LogP contribution in [-0.4, -0.2) is 61.0 Å². The number of aromatic amines is 1. The van der Waals surface area contributed by atoms with Crippen molar-refractivity contribution in [2.75, 3.05) is 33.9 Å². The van der Waals surface area contributed by atoms with E-state index in [2.05, 4.69) is 27.1 Å². The zero-order valence-corrected chi connectivity index (χ0v) is 18.8. The normalized spacial score (nSPS) is 14.9. The molecule has 1 fully saturated rings. The summed E-state index contributed by atoms with van der Waals surface area (Å²) < 4.78 is 39.8. The van der Waals surface area contributed by atoms with Crippen molar-refractivity contribution in [2.45, 2.75) is 19.4 Å². The number of halogens is 2. The molecule has 33 heavy (non-hydrogen) atoms. The summed E-state index contributed by atoms with van der Waals surface area (Å²) in [7, 11) is 2.65. The minimum absolute atomic E-state index is 0.0207. The minimum Gasteiger partial charge on any atom is -0.494 e. The SMILES string of the molecule is CCN1CC(N/C=C(\C=N)c2cnc3[nH]cc(Cc4c(F)c(OC)cc(OC)c4F)c3c2)C1. The lowest BCUT2D eigenvalue weighted by atomic mass is 10.0. The van der Waals surface area contributed by atoms with Gasteiger partial charge >= 0.3 is 0 Å². The maximum absolute atomic E-state index is 14.9. The average molecular weight is 456 g/mol. The second-order valence-corrected chi connectivity index (χ2v) is 7.96. The summed E-state index contributed by atoms with van der Waals surface area (Å²) >= 11 is 0. The summed E-state index contributed by atoms with van der Waals surface area (Å²) in [5.41, 5.74) is 2.53. The maximum atomic E-state index is 14.9. The lowest BCUT2D eigenvalue weighted by Crippen LogP contribution is -2.56. The Morgan fingerprint density at radius 1 is 1.24 bits per heavy atom. The van der Waals surface area contributed by atoms with Crippen LogP contribution in [0.5, 0.6) is 11.5 Å². The zero-order chi connectivity index (χ0) is 23.5. The third-order valence-corrected chi connectivity index (χ3v) is 6.02. The van der Waals surface area contributed by atoms with E-state index < -0.39 is 11.6 Å².